The second-order valence-electron chi connectivity index (χ2n) is 4.40. The average Bonchev–Trinajstić information content (AvgIpc) is 2.37. The number of nitrogens with zero attached hydrogens (tertiary/aromatic N) is 1. The van der Waals surface area contributed by atoms with Crippen LogP contribution in [0.3, 0.4) is 0 Å². The summed E-state index contributed by atoms with van der Waals surface area (Å²) in [6.45, 7) is -0.227. The van der Waals surface area contributed by atoms with Gasteiger partial charge in [-0.15, -0.1) is 0 Å². The highest BCUT2D eigenvalue weighted by atomic mass is 32.2. The van der Waals surface area contributed by atoms with Crippen LogP contribution >= 0.6 is 0 Å². The van der Waals surface area contributed by atoms with E-state index in [-0.39, 0.29) is 22.9 Å². The van der Waals surface area contributed by atoms with Crippen LogP contribution in [-0.4, -0.2) is 54.6 Å². The van der Waals surface area contributed by atoms with Crippen LogP contribution in [0.4, 0.5) is 5.69 Å². The highest BCUT2D eigenvalue weighted by Gasteiger charge is 2.18. The molecule has 0 unspecified atom stereocenters. The van der Waals surface area contributed by atoms with Crippen LogP contribution in [0.15, 0.2) is 23.1 Å². The SMILES string of the molecule is COc1ccc(S(=O)(=O)NCCS(=O)(=O)N(C)C)cc1N. The lowest BCUT2D eigenvalue weighted by Crippen LogP contribution is -2.33. The van der Waals surface area contributed by atoms with E-state index in [1.54, 1.807) is 0 Å². The molecule has 8 nitrogen and oxygen atoms in total. The van der Waals surface area contributed by atoms with Gasteiger partial charge < -0.3 is 10.5 Å². The molecule has 1 aromatic rings. The number of benzene rings is 1. The summed E-state index contributed by atoms with van der Waals surface area (Å²) in [6, 6.07) is 4.01. The molecule has 3 N–H and O–H groups in total. The first-order chi connectivity index (χ1) is 9.60. The average molecular weight is 337 g/mol. The number of rotatable bonds is 7. The molecule has 0 aliphatic rings. The first kappa shape index (κ1) is 17.7. The minimum absolute atomic E-state index is 0.0527. The highest BCUT2D eigenvalue weighted by Crippen LogP contribution is 2.24. The van der Waals surface area contributed by atoms with E-state index in [4.69, 9.17) is 10.5 Å². The van der Waals surface area contributed by atoms with E-state index in [1.165, 1.54) is 39.4 Å². The first-order valence-electron chi connectivity index (χ1n) is 5.93. The Bertz CT molecular complexity index is 699. The van der Waals surface area contributed by atoms with Gasteiger partial charge in [-0.05, 0) is 18.2 Å². The van der Waals surface area contributed by atoms with Crippen molar-refractivity contribution in [2.24, 2.45) is 0 Å². The van der Waals surface area contributed by atoms with Crippen molar-refractivity contribution < 1.29 is 21.6 Å². The van der Waals surface area contributed by atoms with E-state index >= 15 is 0 Å². The maximum Gasteiger partial charge on any atom is 0.240 e. The maximum atomic E-state index is 12.0. The van der Waals surface area contributed by atoms with Crippen LogP contribution in [-0.2, 0) is 20.0 Å². The number of hydrogen-bond acceptors (Lipinski definition) is 6. The van der Waals surface area contributed by atoms with Crippen molar-refractivity contribution in [2.75, 3.05) is 39.2 Å². The number of nitrogens with two attached hydrogens (primary N) is 1. The topological polar surface area (TPSA) is 119 Å². The van der Waals surface area contributed by atoms with Crippen LogP contribution in [0.25, 0.3) is 0 Å². The number of sulfonamides is 2. The van der Waals surface area contributed by atoms with Crippen molar-refractivity contribution in [1.29, 1.82) is 0 Å². The van der Waals surface area contributed by atoms with Gasteiger partial charge in [-0.1, -0.05) is 0 Å². The molecule has 0 saturated carbocycles. The molecule has 0 heterocycles. The van der Waals surface area contributed by atoms with Crippen LogP contribution in [0, 0.1) is 0 Å². The summed E-state index contributed by atoms with van der Waals surface area (Å²) < 4.78 is 55.3. The number of anilines is 1. The third kappa shape index (κ3) is 4.56. The smallest absolute Gasteiger partial charge is 0.240 e. The summed E-state index contributed by atoms with van der Waals surface area (Å²) in [5, 5.41) is 0. The van der Waals surface area contributed by atoms with E-state index in [2.05, 4.69) is 4.72 Å². The zero-order valence-corrected chi connectivity index (χ0v) is 13.7. The third-order valence-corrected chi connectivity index (χ3v) is 6.01. The molecule has 1 aromatic carbocycles. The zero-order valence-electron chi connectivity index (χ0n) is 12.0. The molecule has 10 heteroatoms. The van der Waals surface area contributed by atoms with Crippen molar-refractivity contribution in [3.63, 3.8) is 0 Å². The molecule has 0 fully saturated rings. The van der Waals surface area contributed by atoms with Gasteiger partial charge in [0.25, 0.3) is 0 Å². The van der Waals surface area contributed by atoms with Gasteiger partial charge in [0, 0.05) is 20.6 Å². The van der Waals surface area contributed by atoms with Gasteiger partial charge in [0.2, 0.25) is 20.0 Å². The van der Waals surface area contributed by atoms with E-state index < -0.39 is 20.0 Å². The molecule has 0 aliphatic heterocycles. The van der Waals surface area contributed by atoms with Gasteiger partial charge in [0.15, 0.2) is 0 Å². The molecular formula is C11H19N3O5S2. The number of nitrogen functional groups attached to an aromatic ring is 1. The monoisotopic (exact) mass is 337 g/mol. The molecule has 0 saturated heterocycles. The standard InChI is InChI=1S/C11H19N3O5S2/c1-14(2)20(15,16)7-6-13-21(17,18)9-4-5-11(19-3)10(12)8-9/h4-5,8,13H,6-7,12H2,1-3H3. The summed E-state index contributed by atoms with van der Waals surface area (Å²) in [5.41, 5.74) is 5.83. The number of methoxy groups -OCH3 is 1. The van der Waals surface area contributed by atoms with Gasteiger partial charge >= 0.3 is 0 Å². The van der Waals surface area contributed by atoms with Crippen molar-refractivity contribution in [1.82, 2.24) is 9.03 Å². The zero-order chi connectivity index (χ0) is 16.3. The Labute approximate surface area is 125 Å². The molecule has 0 spiro atoms. The Kier molecular flexibility index (Phi) is 5.56. The Morgan fingerprint density at radius 2 is 1.86 bits per heavy atom. The Morgan fingerprint density at radius 1 is 1.24 bits per heavy atom. The second-order valence-corrected chi connectivity index (χ2v) is 8.47. The highest BCUT2D eigenvalue weighted by molar-refractivity contribution is 7.90. The minimum atomic E-state index is -3.82. The second kappa shape index (κ2) is 6.60. The third-order valence-electron chi connectivity index (χ3n) is 2.72. The molecule has 21 heavy (non-hydrogen) atoms. The van der Waals surface area contributed by atoms with Crippen LogP contribution in [0.2, 0.25) is 0 Å². The number of nitrogens with one attached hydrogen (secondary N) is 1. The van der Waals surface area contributed by atoms with Gasteiger partial charge in [0.1, 0.15) is 5.75 Å². The summed E-state index contributed by atoms with van der Waals surface area (Å²) in [4.78, 5) is -0.0527. The van der Waals surface area contributed by atoms with Crippen molar-refractivity contribution in [2.45, 2.75) is 4.90 Å². The number of hydrogen-bond donors (Lipinski definition) is 2. The lowest BCUT2D eigenvalue weighted by molar-refractivity contribution is 0.416. The molecule has 0 atom stereocenters. The Morgan fingerprint density at radius 3 is 2.33 bits per heavy atom. The van der Waals surface area contributed by atoms with Gasteiger partial charge in [-0.2, -0.15) is 0 Å². The lowest BCUT2D eigenvalue weighted by atomic mass is 10.3. The molecular weight excluding hydrogens is 318 g/mol. The molecule has 0 radical (unpaired) electrons. The minimum Gasteiger partial charge on any atom is -0.495 e. The molecule has 0 aliphatic carbocycles. The quantitative estimate of drug-likeness (QED) is 0.644. The molecule has 0 amide bonds. The normalized spacial score (nSPS) is 12.6. The maximum absolute atomic E-state index is 12.0. The van der Waals surface area contributed by atoms with E-state index in [1.807, 2.05) is 0 Å². The largest absolute Gasteiger partial charge is 0.495 e. The Hall–Kier alpha value is -1.36. The lowest BCUT2D eigenvalue weighted by Gasteiger charge is -2.12. The fraction of sp³-hybridized carbons (Fsp3) is 0.455. The predicted octanol–water partition coefficient (Wildman–Crippen LogP) is -0.553. The summed E-state index contributed by atoms with van der Waals surface area (Å²) >= 11 is 0. The predicted molar refractivity (Wildman–Crippen MR) is 80.1 cm³/mol. The first-order valence-corrected chi connectivity index (χ1v) is 9.03. The summed E-state index contributed by atoms with van der Waals surface area (Å²) in [7, 11) is -3.10. The summed E-state index contributed by atoms with van der Waals surface area (Å²) in [6.07, 6.45) is 0. The van der Waals surface area contributed by atoms with Gasteiger partial charge in [-0.25, -0.2) is 25.9 Å². The van der Waals surface area contributed by atoms with Gasteiger partial charge in [0.05, 0.1) is 23.4 Å². The fourth-order valence-electron chi connectivity index (χ4n) is 1.45. The van der Waals surface area contributed by atoms with Crippen molar-refractivity contribution in [3.05, 3.63) is 18.2 Å². The molecule has 0 bridgehead atoms. The Balaban J connectivity index is 2.81. The van der Waals surface area contributed by atoms with Crippen molar-refractivity contribution >= 4 is 25.7 Å². The van der Waals surface area contributed by atoms with Crippen LogP contribution in [0.1, 0.15) is 0 Å². The van der Waals surface area contributed by atoms with E-state index in [0.717, 1.165) is 4.31 Å². The number of ether oxygens (including phenoxy) is 1. The van der Waals surface area contributed by atoms with E-state index in [9.17, 15) is 16.8 Å². The molecule has 0 aromatic heterocycles. The molecule has 120 valence electrons. The van der Waals surface area contributed by atoms with Crippen LogP contribution < -0.4 is 15.2 Å². The summed E-state index contributed by atoms with van der Waals surface area (Å²) in [5.74, 6) is 0.0364. The van der Waals surface area contributed by atoms with E-state index in [0.29, 0.717) is 5.75 Å². The fourth-order valence-corrected chi connectivity index (χ4v) is 3.37. The molecule has 1 rings (SSSR count). The van der Waals surface area contributed by atoms with Crippen molar-refractivity contribution in [3.8, 4) is 5.75 Å². The van der Waals surface area contributed by atoms with Crippen LogP contribution in [0.5, 0.6) is 5.75 Å². The van der Waals surface area contributed by atoms with Gasteiger partial charge in [-0.3, -0.25) is 0 Å².